The molecule has 11 heavy (non-hydrogen) atoms. The van der Waals surface area contributed by atoms with Crippen LogP contribution in [0.2, 0.25) is 0 Å². The van der Waals surface area contributed by atoms with Crippen molar-refractivity contribution in [3.05, 3.63) is 35.7 Å². The second-order valence-corrected chi connectivity index (χ2v) is 2.79. The Morgan fingerprint density at radius 3 is 3.27 bits per heavy atom. The lowest BCUT2D eigenvalue weighted by Crippen LogP contribution is -2.15. The monoisotopic (exact) mass is 148 g/mol. The zero-order chi connectivity index (χ0) is 7.52. The normalized spacial score (nSPS) is 17.1. The average molecular weight is 148 g/mol. The Bertz CT molecular complexity index is 260. The van der Waals surface area contributed by atoms with E-state index in [2.05, 4.69) is 28.5 Å². The van der Waals surface area contributed by atoms with Crippen LogP contribution >= 0.6 is 0 Å². The van der Waals surface area contributed by atoms with Crippen LogP contribution in [0.3, 0.4) is 0 Å². The molecule has 0 aliphatic carbocycles. The minimum atomic E-state index is 0.965. The fraction of sp³-hybridized carbons (Fsp3) is 0.333. The van der Waals surface area contributed by atoms with Crippen LogP contribution in [0, 0.1) is 0 Å². The molecule has 0 aromatic carbocycles. The molecule has 1 aliphatic rings. The summed E-state index contributed by atoms with van der Waals surface area (Å²) in [5, 5.41) is 3.31. The van der Waals surface area contributed by atoms with Gasteiger partial charge in [-0.05, 0) is 18.1 Å². The summed E-state index contributed by atoms with van der Waals surface area (Å²) < 4.78 is 0. The lowest BCUT2D eigenvalue weighted by Gasteiger charge is -2.05. The van der Waals surface area contributed by atoms with E-state index in [0.29, 0.717) is 0 Å². The highest BCUT2D eigenvalue weighted by atomic mass is 14.9. The van der Waals surface area contributed by atoms with Crippen LogP contribution in [0.5, 0.6) is 0 Å². The van der Waals surface area contributed by atoms with E-state index >= 15 is 0 Å². The maximum absolute atomic E-state index is 3.31. The molecule has 0 radical (unpaired) electrons. The number of aromatic nitrogens is 1. The van der Waals surface area contributed by atoms with Crippen molar-refractivity contribution in [1.29, 1.82) is 0 Å². The van der Waals surface area contributed by atoms with Gasteiger partial charge in [0, 0.05) is 25.0 Å². The molecule has 2 nitrogen and oxygen atoms in total. The van der Waals surface area contributed by atoms with Crippen molar-refractivity contribution in [3.8, 4) is 0 Å². The Morgan fingerprint density at radius 2 is 2.27 bits per heavy atom. The van der Waals surface area contributed by atoms with E-state index in [4.69, 9.17) is 0 Å². The third kappa shape index (κ3) is 1.35. The molecule has 1 aromatic rings. The lowest BCUT2D eigenvalue weighted by molar-refractivity contribution is 0.731. The summed E-state index contributed by atoms with van der Waals surface area (Å²) in [5.74, 6) is 0. The summed E-state index contributed by atoms with van der Waals surface area (Å²) in [7, 11) is 0. The van der Waals surface area contributed by atoms with Gasteiger partial charge < -0.3 is 10.3 Å². The lowest BCUT2D eigenvalue weighted by atomic mass is 10.1. The number of allylic oxidation sites excluding steroid dienone is 1. The van der Waals surface area contributed by atoms with E-state index in [1.54, 1.807) is 0 Å². The Balaban J connectivity index is 2.27. The predicted octanol–water partition coefficient (Wildman–Crippen LogP) is 1.22. The van der Waals surface area contributed by atoms with Gasteiger partial charge in [0.1, 0.15) is 0 Å². The van der Waals surface area contributed by atoms with Crippen LogP contribution in [0.4, 0.5) is 0 Å². The molecule has 58 valence electrons. The molecular formula is C9H12N2. The average Bonchev–Trinajstić information content (AvgIpc) is 2.35. The minimum Gasteiger partial charge on any atom is -0.364 e. The number of H-pyrrole nitrogens is 1. The molecule has 0 saturated heterocycles. The van der Waals surface area contributed by atoms with Gasteiger partial charge in [0.15, 0.2) is 0 Å². The van der Waals surface area contributed by atoms with Gasteiger partial charge in [0.2, 0.25) is 0 Å². The van der Waals surface area contributed by atoms with Crippen LogP contribution in [0.1, 0.15) is 11.3 Å². The summed E-state index contributed by atoms with van der Waals surface area (Å²) in [6.07, 6.45) is 7.46. The molecule has 1 aromatic heterocycles. The maximum Gasteiger partial charge on any atom is 0.0362 e. The van der Waals surface area contributed by atoms with E-state index < -0.39 is 0 Å². The summed E-state index contributed by atoms with van der Waals surface area (Å²) in [6, 6.07) is 2.15. The van der Waals surface area contributed by atoms with Crippen molar-refractivity contribution in [2.45, 2.75) is 13.0 Å². The van der Waals surface area contributed by atoms with Gasteiger partial charge in [-0.25, -0.2) is 0 Å². The van der Waals surface area contributed by atoms with Crippen molar-refractivity contribution >= 4 is 0 Å². The Hall–Kier alpha value is -1.02. The van der Waals surface area contributed by atoms with Gasteiger partial charge >= 0.3 is 0 Å². The Morgan fingerprint density at radius 1 is 1.27 bits per heavy atom. The standard InChI is InChI=1S/C9H12N2/c1-2-5-10-7-9-8(3-1)4-6-11-9/h1-2,4,6,10-11H,3,5,7H2. The van der Waals surface area contributed by atoms with Crippen molar-refractivity contribution < 1.29 is 0 Å². The minimum absolute atomic E-state index is 0.965. The zero-order valence-electron chi connectivity index (χ0n) is 6.43. The molecule has 2 heteroatoms. The molecule has 0 amide bonds. The smallest absolute Gasteiger partial charge is 0.0362 e. The second kappa shape index (κ2) is 2.93. The summed E-state index contributed by atoms with van der Waals surface area (Å²) >= 11 is 0. The van der Waals surface area contributed by atoms with Crippen molar-refractivity contribution in [2.75, 3.05) is 6.54 Å². The van der Waals surface area contributed by atoms with Crippen LogP contribution in [0.25, 0.3) is 0 Å². The number of rotatable bonds is 0. The number of hydrogen-bond acceptors (Lipinski definition) is 1. The van der Waals surface area contributed by atoms with E-state index in [0.717, 1.165) is 19.5 Å². The first-order valence-electron chi connectivity index (χ1n) is 3.97. The second-order valence-electron chi connectivity index (χ2n) is 2.79. The number of fused-ring (bicyclic) bond motifs is 1. The molecule has 0 spiro atoms. The quantitative estimate of drug-likeness (QED) is 0.532. The summed E-state index contributed by atoms with van der Waals surface area (Å²) in [4.78, 5) is 3.23. The molecule has 0 unspecified atom stereocenters. The van der Waals surface area contributed by atoms with Gasteiger partial charge in [-0.2, -0.15) is 0 Å². The Kier molecular flexibility index (Phi) is 1.78. The topological polar surface area (TPSA) is 27.8 Å². The fourth-order valence-electron chi connectivity index (χ4n) is 1.37. The van der Waals surface area contributed by atoms with Crippen molar-refractivity contribution in [2.24, 2.45) is 0 Å². The largest absolute Gasteiger partial charge is 0.364 e. The van der Waals surface area contributed by atoms with Crippen LogP contribution in [-0.2, 0) is 13.0 Å². The zero-order valence-corrected chi connectivity index (χ0v) is 6.43. The summed E-state index contributed by atoms with van der Waals surface area (Å²) in [5.41, 5.74) is 2.74. The Labute approximate surface area is 66.3 Å². The van der Waals surface area contributed by atoms with Gasteiger partial charge in [-0.3, -0.25) is 0 Å². The van der Waals surface area contributed by atoms with E-state index in [9.17, 15) is 0 Å². The molecule has 0 saturated carbocycles. The molecule has 0 bridgehead atoms. The molecule has 0 atom stereocenters. The van der Waals surface area contributed by atoms with Gasteiger partial charge in [0.25, 0.3) is 0 Å². The summed E-state index contributed by atoms with van der Waals surface area (Å²) in [6.45, 7) is 1.95. The number of nitrogens with one attached hydrogen (secondary N) is 2. The fourth-order valence-corrected chi connectivity index (χ4v) is 1.37. The highest BCUT2D eigenvalue weighted by Gasteiger charge is 2.02. The van der Waals surface area contributed by atoms with E-state index in [1.165, 1.54) is 11.3 Å². The van der Waals surface area contributed by atoms with Gasteiger partial charge in [-0.15, -0.1) is 0 Å². The number of hydrogen-bond donors (Lipinski definition) is 2. The van der Waals surface area contributed by atoms with Crippen LogP contribution < -0.4 is 5.32 Å². The van der Waals surface area contributed by atoms with Gasteiger partial charge in [0.05, 0.1) is 0 Å². The molecule has 0 fully saturated rings. The molecule has 1 aliphatic heterocycles. The molecule has 2 rings (SSSR count). The predicted molar refractivity (Wildman–Crippen MR) is 45.3 cm³/mol. The molecule has 2 N–H and O–H groups in total. The van der Waals surface area contributed by atoms with Crippen LogP contribution in [-0.4, -0.2) is 11.5 Å². The van der Waals surface area contributed by atoms with E-state index in [-0.39, 0.29) is 0 Å². The van der Waals surface area contributed by atoms with Crippen LogP contribution in [0.15, 0.2) is 24.4 Å². The third-order valence-corrected chi connectivity index (χ3v) is 2.00. The van der Waals surface area contributed by atoms with Crippen molar-refractivity contribution in [1.82, 2.24) is 10.3 Å². The molecule has 2 heterocycles. The highest BCUT2D eigenvalue weighted by molar-refractivity contribution is 5.24. The van der Waals surface area contributed by atoms with Gasteiger partial charge in [-0.1, -0.05) is 12.2 Å². The van der Waals surface area contributed by atoms with E-state index in [1.807, 2.05) is 6.20 Å². The first-order valence-corrected chi connectivity index (χ1v) is 3.97. The van der Waals surface area contributed by atoms with Crippen molar-refractivity contribution in [3.63, 3.8) is 0 Å². The first kappa shape index (κ1) is 6.68. The molecular weight excluding hydrogens is 136 g/mol. The SMILES string of the molecule is C1=CCc2cc[nH]c2CNC1. The maximum atomic E-state index is 3.31. The number of aromatic amines is 1. The first-order chi connectivity index (χ1) is 5.47. The third-order valence-electron chi connectivity index (χ3n) is 2.00. The highest BCUT2D eigenvalue weighted by Crippen LogP contribution is 2.08.